The van der Waals surface area contributed by atoms with Gasteiger partial charge in [0.25, 0.3) is 0 Å². The van der Waals surface area contributed by atoms with Crippen molar-refractivity contribution in [1.82, 2.24) is 0 Å². The molecule has 1 aliphatic rings. The zero-order chi connectivity index (χ0) is 10.8. The molecule has 1 saturated heterocycles. The van der Waals surface area contributed by atoms with Crippen LogP contribution in [0, 0.1) is 6.92 Å². The van der Waals surface area contributed by atoms with Crippen molar-refractivity contribution in [3.05, 3.63) is 41.0 Å². The number of cyclic esters (lactones) is 2. The first kappa shape index (κ1) is 9.65. The topological polar surface area (TPSA) is 43.4 Å². The minimum absolute atomic E-state index is 0.0761. The van der Waals surface area contributed by atoms with Crippen molar-refractivity contribution in [3.63, 3.8) is 0 Å². The SMILES string of the molecule is Cc1ccc(/C=C2\CC(=O)OC2=O)cc1. The van der Waals surface area contributed by atoms with Gasteiger partial charge in [0.2, 0.25) is 0 Å². The van der Waals surface area contributed by atoms with Crippen molar-refractivity contribution in [2.24, 2.45) is 0 Å². The van der Waals surface area contributed by atoms with Gasteiger partial charge in [0, 0.05) is 5.57 Å². The number of benzene rings is 1. The summed E-state index contributed by atoms with van der Waals surface area (Å²) in [5.41, 5.74) is 2.48. The van der Waals surface area contributed by atoms with Gasteiger partial charge in [0.1, 0.15) is 0 Å². The molecule has 0 bridgehead atoms. The van der Waals surface area contributed by atoms with Gasteiger partial charge in [-0.25, -0.2) is 4.79 Å². The number of esters is 2. The van der Waals surface area contributed by atoms with E-state index < -0.39 is 11.9 Å². The summed E-state index contributed by atoms with van der Waals surface area (Å²) < 4.78 is 4.42. The van der Waals surface area contributed by atoms with E-state index in [2.05, 4.69) is 4.74 Å². The van der Waals surface area contributed by atoms with Gasteiger partial charge in [0.15, 0.2) is 0 Å². The maximum Gasteiger partial charge on any atom is 0.342 e. The van der Waals surface area contributed by atoms with E-state index in [9.17, 15) is 9.59 Å². The first-order valence-electron chi connectivity index (χ1n) is 4.67. The smallest absolute Gasteiger partial charge is 0.342 e. The number of hydrogen-bond donors (Lipinski definition) is 0. The Balaban J connectivity index is 2.27. The first-order chi connectivity index (χ1) is 7.15. The molecule has 1 aliphatic heterocycles. The molecular formula is C12H10O3. The Morgan fingerprint density at radius 3 is 2.40 bits per heavy atom. The minimum Gasteiger partial charge on any atom is -0.389 e. The fourth-order valence-electron chi connectivity index (χ4n) is 1.41. The number of ether oxygens (including phenoxy) is 1. The Bertz CT molecular complexity index is 440. The van der Waals surface area contributed by atoms with E-state index in [1.807, 2.05) is 31.2 Å². The van der Waals surface area contributed by atoms with Crippen LogP contribution in [0.1, 0.15) is 17.5 Å². The predicted molar refractivity (Wildman–Crippen MR) is 54.9 cm³/mol. The van der Waals surface area contributed by atoms with Gasteiger partial charge in [-0.05, 0) is 18.6 Å². The second-order valence-corrected chi connectivity index (χ2v) is 3.52. The summed E-state index contributed by atoms with van der Waals surface area (Å²) in [6, 6.07) is 7.71. The van der Waals surface area contributed by atoms with Gasteiger partial charge < -0.3 is 4.74 Å². The van der Waals surface area contributed by atoms with Crippen LogP contribution >= 0.6 is 0 Å². The lowest BCUT2D eigenvalue weighted by Gasteiger charge is -1.95. The summed E-state index contributed by atoms with van der Waals surface area (Å²) in [5.74, 6) is -1.00. The van der Waals surface area contributed by atoms with Crippen molar-refractivity contribution in [3.8, 4) is 0 Å². The summed E-state index contributed by atoms with van der Waals surface area (Å²) in [4.78, 5) is 22.0. The zero-order valence-corrected chi connectivity index (χ0v) is 8.32. The Hall–Kier alpha value is -1.90. The monoisotopic (exact) mass is 202 g/mol. The quantitative estimate of drug-likeness (QED) is 0.396. The first-order valence-corrected chi connectivity index (χ1v) is 4.67. The Morgan fingerprint density at radius 1 is 1.20 bits per heavy atom. The highest BCUT2D eigenvalue weighted by Crippen LogP contribution is 2.18. The molecule has 0 N–H and O–H groups in total. The summed E-state index contributed by atoms with van der Waals surface area (Å²) in [6.45, 7) is 1.99. The lowest BCUT2D eigenvalue weighted by atomic mass is 10.1. The molecular weight excluding hydrogens is 192 g/mol. The molecule has 1 heterocycles. The second-order valence-electron chi connectivity index (χ2n) is 3.52. The van der Waals surface area contributed by atoms with Crippen molar-refractivity contribution >= 4 is 18.0 Å². The van der Waals surface area contributed by atoms with E-state index in [1.54, 1.807) is 6.08 Å². The predicted octanol–water partition coefficient (Wildman–Crippen LogP) is 1.85. The molecule has 15 heavy (non-hydrogen) atoms. The van der Waals surface area contributed by atoms with Gasteiger partial charge in [-0.15, -0.1) is 0 Å². The second kappa shape index (κ2) is 3.69. The number of carbonyl (C=O) groups excluding carboxylic acids is 2. The Morgan fingerprint density at radius 2 is 1.87 bits per heavy atom. The number of hydrogen-bond acceptors (Lipinski definition) is 3. The third-order valence-corrected chi connectivity index (χ3v) is 2.22. The molecule has 0 atom stereocenters. The van der Waals surface area contributed by atoms with Crippen molar-refractivity contribution in [2.45, 2.75) is 13.3 Å². The van der Waals surface area contributed by atoms with Crippen LogP contribution in [-0.2, 0) is 14.3 Å². The average molecular weight is 202 g/mol. The van der Waals surface area contributed by atoms with Crippen molar-refractivity contribution in [2.75, 3.05) is 0 Å². The fourth-order valence-corrected chi connectivity index (χ4v) is 1.41. The summed E-state index contributed by atoms with van der Waals surface area (Å²) in [7, 11) is 0. The Labute approximate surface area is 87.4 Å². The molecule has 1 fully saturated rings. The van der Waals surface area contributed by atoms with Gasteiger partial charge in [0.05, 0.1) is 6.42 Å². The molecule has 1 aromatic rings. The van der Waals surface area contributed by atoms with Gasteiger partial charge in [-0.1, -0.05) is 29.8 Å². The highest BCUT2D eigenvalue weighted by Gasteiger charge is 2.26. The van der Waals surface area contributed by atoms with Crippen LogP contribution in [0.25, 0.3) is 6.08 Å². The fraction of sp³-hybridized carbons (Fsp3) is 0.167. The van der Waals surface area contributed by atoms with Crippen molar-refractivity contribution in [1.29, 1.82) is 0 Å². The average Bonchev–Trinajstić information content (AvgIpc) is 2.49. The van der Waals surface area contributed by atoms with Crippen LogP contribution in [0.2, 0.25) is 0 Å². The molecule has 0 aromatic heterocycles. The van der Waals surface area contributed by atoms with Gasteiger partial charge in [-0.3, -0.25) is 4.79 Å². The van der Waals surface area contributed by atoms with Gasteiger partial charge in [-0.2, -0.15) is 0 Å². The molecule has 0 spiro atoms. The minimum atomic E-state index is -0.527. The van der Waals surface area contributed by atoms with Crippen LogP contribution in [0.5, 0.6) is 0 Å². The molecule has 0 amide bonds. The van der Waals surface area contributed by atoms with Crippen LogP contribution in [0.3, 0.4) is 0 Å². The van der Waals surface area contributed by atoms with E-state index >= 15 is 0 Å². The van der Waals surface area contributed by atoms with E-state index in [1.165, 1.54) is 0 Å². The number of carbonyl (C=O) groups is 2. The molecule has 0 unspecified atom stereocenters. The number of aryl methyl sites for hydroxylation is 1. The molecule has 0 aliphatic carbocycles. The lowest BCUT2D eigenvalue weighted by Crippen LogP contribution is -1.96. The van der Waals surface area contributed by atoms with Crippen LogP contribution in [0.4, 0.5) is 0 Å². The van der Waals surface area contributed by atoms with Crippen LogP contribution in [0.15, 0.2) is 29.8 Å². The third-order valence-electron chi connectivity index (χ3n) is 2.22. The van der Waals surface area contributed by atoms with Crippen LogP contribution < -0.4 is 0 Å². The molecule has 0 radical (unpaired) electrons. The summed E-state index contributed by atoms with van der Waals surface area (Å²) in [6.07, 6.45) is 1.76. The number of rotatable bonds is 1. The maximum absolute atomic E-state index is 11.1. The lowest BCUT2D eigenvalue weighted by molar-refractivity contribution is -0.151. The maximum atomic E-state index is 11.1. The molecule has 3 heteroatoms. The molecule has 0 saturated carbocycles. The van der Waals surface area contributed by atoms with E-state index in [4.69, 9.17) is 0 Å². The van der Waals surface area contributed by atoms with E-state index in [0.29, 0.717) is 5.57 Å². The highest BCUT2D eigenvalue weighted by molar-refractivity contribution is 6.08. The molecule has 1 aromatic carbocycles. The third kappa shape index (κ3) is 2.13. The van der Waals surface area contributed by atoms with Crippen LogP contribution in [-0.4, -0.2) is 11.9 Å². The zero-order valence-electron chi connectivity index (χ0n) is 8.32. The van der Waals surface area contributed by atoms with Crippen molar-refractivity contribution < 1.29 is 14.3 Å². The normalized spacial score (nSPS) is 18.3. The van der Waals surface area contributed by atoms with Gasteiger partial charge >= 0.3 is 11.9 Å². The summed E-state index contributed by atoms with van der Waals surface area (Å²) >= 11 is 0. The van der Waals surface area contributed by atoms with E-state index in [0.717, 1.165) is 11.1 Å². The standard InChI is InChI=1S/C12H10O3/c1-8-2-4-9(5-3-8)6-10-7-11(13)15-12(10)14/h2-6H,7H2,1H3/b10-6+. The summed E-state index contributed by atoms with van der Waals surface area (Å²) in [5, 5.41) is 0. The van der Waals surface area contributed by atoms with E-state index in [-0.39, 0.29) is 6.42 Å². The highest BCUT2D eigenvalue weighted by atomic mass is 16.6. The molecule has 2 rings (SSSR count). The molecule has 76 valence electrons. The Kier molecular flexibility index (Phi) is 2.37. The molecule has 3 nitrogen and oxygen atoms in total. The largest absolute Gasteiger partial charge is 0.389 e.